The number of carbonyl (C=O) groups is 1. The van der Waals surface area contributed by atoms with Gasteiger partial charge in [0, 0.05) is 12.1 Å². The van der Waals surface area contributed by atoms with Crippen molar-refractivity contribution in [2.75, 3.05) is 12.0 Å². The predicted molar refractivity (Wildman–Crippen MR) is 118 cm³/mol. The van der Waals surface area contributed by atoms with Crippen LogP contribution in [0.2, 0.25) is 0 Å². The zero-order valence-corrected chi connectivity index (χ0v) is 18.7. The molecule has 0 saturated carbocycles. The van der Waals surface area contributed by atoms with Gasteiger partial charge in [0.05, 0.1) is 41.3 Å². The molecule has 11 heteroatoms. The fraction of sp³-hybridized carbons (Fsp3) is 0.318. The molecule has 1 aromatic heterocycles. The normalized spacial score (nSPS) is 20.6. The Morgan fingerprint density at radius 1 is 1.30 bits per heavy atom. The smallest absolute Gasteiger partial charge is 0.414 e. The number of carbonyl (C=O) groups excluding carboxylic acids is 1. The average Bonchev–Trinajstić information content (AvgIpc) is 2.95. The highest BCUT2D eigenvalue weighted by Gasteiger charge is 2.52. The summed E-state index contributed by atoms with van der Waals surface area (Å²) in [5.74, 6) is -0.104. The second-order valence-corrected chi connectivity index (χ2v) is 8.43. The van der Waals surface area contributed by atoms with Crippen LogP contribution in [-0.4, -0.2) is 50.8 Å². The molecule has 1 unspecified atom stereocenters. The number of aromatic nitrogens is 2. The van der Waals surface area contributed by atoms with Crippen LogP contribution in [0.5, 0.6) is 5.88 Å². The number of ether oxygens (including phenoxy) is 1. The molecule has 0 radical (unpaired) electrons. The molecule has 7 nitrogen and oxygen atoms in total. The third kappa shape index (κ3) is 3.60. The number of hydrogen-bond donors (Lipinski definition) is 0. The first-order valence-corrected chi connectivity index (χ1v) is 10.3. The highest BCUT2D eigenvalue weighted by Crippen LogP contribution is 2.41. The topological polar surface area (TPSA) is 82.3 Å². The molecule has 0 spiro atoms. The van der Waals surface area contributed by atoms with E-state index in [-0.39, 0.29) is 5.11 Å². The third-order valence-electron chi connectivity index (χ3n) is 5.75. The molecule has 1 aliphatic carbocycles. The van der Waals surface area contributed by atoms with Gasteiger partial charge in [-0.05, 0) is 50.3 Å². The molecular weight excluding hydrogens is 455 g/mol. The first-order chi connectivity index (χ1) is 15.5. The number of rotatable bonds is 3. The van der Waals surface area contributed by atoms with Crippen molar-refractivity contribution in [2.24, 2.45) is 0 Å². The molecule has 2 aliphatic rings. The number of benzene rings is 1. The molecule has 2 heterocycles. The number of thiocarbonyl (C=S) groups is 1. The van der Waals surface area contributed by atoms with E-state index >= 15 is 0 Å². The van der Waals surface area contributed by atoms with Crippen LogP contribution in [0.1, 0.15) is 20.3 Å². The lowest BCUT2D eigenvalue weighted by molar-refractivity contribution is -0.131. The molecule has 1 aliphatic heterocycles. The lowest BCUT2D eigenvalue weighted by atomic mass is 9.93. The highest BCUT2D eigenvalue weighted by molar-refractivity contribution is 7.80. The fourth-order valence-electron chi connectivity index (χ4n) is 4.12. The summed E-state index contributed by atoms with van der Waals surface area (Å²) in [5.41, 5.74) is -1.44. The van der Waals surface area contributed by atoms with Crippen molar-refractivity contribution in [3.63, 3.8) is 0 Å². The second kappa shape index (κ2) is 7.81. The van der Waals surface area contributed by atoms with Gasteiger partial charge in [0.15, 0.2) is 5.11 Å². The minimum atomic E-state index is -4.69. The van der Waals surface area contributed by atoms with E-state index in [1.807, 2.05) is 0 Å². The Balaban J connectivity index is 1.75. The number of hydrogen-bond acceptors (Lipinski definition) is 6. The largest absolute Gasteiger partial charge is 0.480 e. The summed E-state index contributed by atoms with van der Waals surface area (Å²) in [7, 11) is 1.47. The zero-order chi connectivity index (χ0) is 24.1. The van der Waals surface area contributed by atoms with Crippen LogP contribution >= 0.6 is 12.2 Å². The van der Waals surface area contributed by atoms with Gasteiger partial charge in [0.25, 0.3) is 5.91 Å². The van der Waals surface area contributed by atoms with E-state index in [0.29, 0.717) is 22.5 Å². The lowest BCUT2D eigenvalue weighted by Crippen LogP contribution is -2.45. The number of amides is 1. The first kappa shape index (κ1) is 22.7. The molecule has 1 saturated heterocycles. The van der Waals surface area contributed by atoms with Gasteiger partial charge < -0.3 is 9.64 Å². The number of allylic oxidation sites excluding steroid dienone is 2. The van der Waals surface area contributed by atoms with Crippen LogP contribution in [0.15, 0.2) is 47.8 Å². The summed E-state index contributed by atoms with van der Waals surface area (Å²) in [6.45, 7) is 3.30. The SMILES string of the molecule is COc1ncnc2ccc(N3C(=S)N(C4C=CC(C#N)=C(C(F)(F)F)C4)C(=O)C3(C)C)cc12. The molecule has 33 heavy (non-hydrogen) atoms. The van der Waals surface area contributed by atoms with Crippen LogP contribution in [0.3, 0.4) is 0 Å². The van der Waals surface area contributed by atoms with Crippen LogP contribution in [-0.2, 0) is 4.79 Å². The van der Waals surface area contributed by atoms with Crippen LogP contribution in [0.4, 0.5) is 18.9 Å². The van der Waals surface area contributed by atoms with Crippen molar-refractivity contribution >= 4 is 39.8 Å². The predicted octanol–water partition coefficient (Wildman–Crippen LogP) is 4.06. The van der Waals surface area contributed by atoms with E-state index in [4.69, 9.17) is 22.2 Å². The van der Waals surface area contributed by atoms with Crippen LogP contribution in [0.25, 0.3) is 10.9 Å². The van der Waals surface area contributed by atoms with Crippen LogP contribution in [0, 0.1) is 11.3 Å². The maximum atomic E-state index is 13.5. The van der Waals surface area contributed by atoms with Crippen molar-refractivity contribution in [1.29, 1.82) is 5.26 Å². The van der Waals surface area contributed by atoms with Crippen molar-refractivity contribution in [1.82, 2.24) is 14.9 Å². The summed E-state index contributed by atoms with van der Waals surface area (Å²) in [6, 6.07) is 5.79. The van der Waals surface area contributed by atoms with Gasteiger partial charge in [-0.2, -0.15) is 18.4 Å². The molecule has 1 aromatic carbocycles. The Hall–Kier alpha value is -3.52. The molecule has 1 amide bonds. The number of nitriles is 1. The lowest BCUT2D eigenvalue weighted by Gasteiger charge is -2.30. The number of alkyl halides is 3. The number of anilines is 1. The molecule has 1 fully saturated rings. The van der Waals surface area contributed by atoms with Crippen molar-refractivity contribution in [2.45, 2.75) is 38.0 Å². The molecule has 4 rings (SSSR count). The first-order valence-electron chi connectivity index (χ1n) is 9.86. The molecule has 0 N–H and O–H groups in total. The van der Waals surface area contributed by atoms with E-state index in [1.165, 1.54) is 24.4 Å². The Labute approximate surface area is 192 Å². The van der Waals surface area contributed by atoms with Crippen molar-refractivity contribution in [3.8, 4) is 11.9 Å². The molecular formula is C22H18F3N5O2S. The van der Waals surface area contributed by atoms with E-state index in [0.717, 1.165) is 6.08 Å². The van der Waals surface area contributed by atoms with Gasteiger partial charge in [0.2, 0.25) is 5.88 Å². The summed E-state index contributed by atoms with van der Waals surface area (Å²) >= 11 is 5.60. The van der Waals surface area contributed by atoms with E-state index < -0.39 is 41.2 Å². The van der Waals surface area contributed by atoms with Gasteiger partial charge in [-0.1, -0.05) is 6.08 Å². The molecule has 170 valence electrons. The Morgan fingerprint density at radius 2 is 2.03 bits per heavy atom. The highest BCUT2D eigenvalue weighted by atomic mass is 32.1. The second-order valence-electron chi connectivity index (χ2n) is 8.07. The zero-order valence-electron chi connectivity index (χ0n) is 17.8. The van der Waals surface area contributed by atoms with E-state index in [2.05, 4.69) is 9.97 Å². The van der Waals surface area contributed by atoms with Crippen molar-refractivity contribution in [3.05, 3.63) is 47.8 Å². The fourth-order valence-corrected chi connectivity index (χ4v) is 4.67. The number of nitrogens with zero attached hydrogens (tertiary/aromatic N) is 5. The maximum absolute atomic E-state index is 13.5. The quantitative estimate of drug-likeness (QED) is 0.622. The number of halogens is 3. The van der Waals surface area contributed by atoms with Gasteiger partial charge in [-0.25, -0.2) is 9.97 Å². The monoisotopic (exact) mass is 473 g/mol. The molecule has 1 atom stereocenters. The Kier molecular flexibility index (Phi) is 5.36. The van der Waals surface area contributed by atoms with E-state index in [9.17, 15) is 18.0 Å². The van der Waals surface area contributed by atoms with Crippen LogP contribution < -0.4 is 9.64 Å². The molecule has 2 aromatic rings. The number of fused-ring (bicyclic) bond motifs is 1. The summed E-state index contributed by atoms with van der Waals surface area (Å²) < 4.78 is 45.9. The Morgan fingerprint density at radius 3 is 2.67 bits per heavy atom. The summed E-state index contributed by atoms with van der Waals surface area (Å²) in [6.07, 6.45) is -1.37. The van der Waals surface area contributed by atoms with E-state index in [1.54, 1.807) is 43.0 Å². The third-order valence-corrected chi connectivity index (χ3v) is 6.13. The number of methoxy groups -OCH3 is 1. The van der Waals surface area contributed by atoms with Gasteiger partial charge in [-0.3, -0.25) is 9.69 Å². The standard InChI is InChI=1S/C22H18F3N5O2S/c1-21(2)19(31)29(13-5-4-12(10-26)16(9-13)22(23,24)25)20(33)30(21)14-6-7-17-15(8-14)18(32-3)28-11-27-17/h4-8,11,13H,9H2,1-3H3. The van der Waals surface area contributed by atoms with Crippen molar-refractivity contribution < 1.29 is 22.7 Å². The Bertz CT molecular complexity index is 1280. The minimum absolute atomic E-state index is 0.0664. The maximum Gasteiger partial charge on any atom is 0.414 e. The summed E-state index contributed by atoms with van der Waals surface area (Å²) in [5, 5.41) is 9.75. The minimum Gasteiger partial charge on any atom is -0.480 e. The summed E-state index contributed by atoms with van der Waals surface area (Å²) in [4.78, 5) is 24.4. The van der Waals surface area contributed by atoms with Gasteiger partial charge in [-0.15, -0.1) is 0 Å². The molecule has 0 bridgehead atoms. The van der Waals surface area contributed by atoms with Gasteiger partial charge in [0.1, 0.15) is 11.9 Å². The van der Waals surface area contributed by atoms with Gasteiger partial charge >= 0.3 is 6.18 Å². The average molecular weight is 473 g/mol.